The summed E-state index contributed by atoms with van der Waals surface area (Å²) in [5, 5.41) is 5.38. The van der Waals surface area contributed by atoms with Gasteiger partial charge in [-0.05, 0) is 38.1 Å². The Hall–Kier alpha value is -2.82. The number of rotatable bonds is 4. The Morgan fingerprint density at radius 1 is 1.00 bits per heavy atom. The van der Waals surface area contributed by atoms with Gasteiger partial charge in [-0.15, -0.1) is 0 Å². The molecule has 0 spiro atoms. The van der Waals surface area contributed by atoms with Crippen molar-refractivity contribution in [1.29, 1.82) is 0 Å². The fourth-order valence-corrected chi connectivity index (χ4v) is 1.90. The number of ether oxygens (including phenoxy) is 1. The van der Waals surface area contributed by atoms with Crippen molar-refractivity contribution in [2.24, 2.45) is 0 Å². The second-order valence-electron chi connectivity index (χ2n) is 4.71. The molecule has 0 aromatic heterocycles. The molecule has 2 rings (SSSR count). The number of amides is 2. The van der Waals surface area contributed by atoms with E-state index in [4.69, 9.17) is 4.74 Å². The summed E-state index contributed by atoms with van der Waals surface area (Å²) < 4.78 is 4.97. The zero-order valence-electron chi connectivity index (χ0n) is 12.6. The number of carbonyl (C=O) groups excluding carboxylic acids is 2. The maximum atomic E-state index is 12.0. The molecular weight excluding hydrogens is 280 g/mol. The summed E-state index contributed by atoms with van der Waals surface area (Å²) in [5.41, 5.74) is 2.52. The van der Waals surface area contributed by atoms with Crippen LogP contribution in [-0.2, 0) is 4.74 Å². The summed E-state index contributed by atoms with van der Waals surface area (Å²) in [6, 6.07) is 13.7. The molecule has 0 saturated heterocycles. The lowest BCUT2D eigenvalue weighted by Crippen LogP contribution is -2.21. The van der Waals surface area contributed by atoms with Crippen LogP contribution in [0.4, 0.5) is 16.2 Å². The Morgan fingerprint density at radius 3 is 2.36 bits per heavy atom. The molecular formula is C17H18N2O3. The highest BCUT2D eigenvalue weighted by atomic mass is 16.5. The SMILES string of the molecule is CCOC(=O)c1ccccc1NC(=O)Nc1ccc(C)cc1. The monoisotopic (exact) mass is 298 g/mol. The molecule has 0 unspecified atom stereocenters. The number of urea groups is 1. The average Bonchev–Trinajstić information content (AvgIpc) is 2.50. The number of para-hydroxylation sites is 1. The smallest absolute Gasteiger partial charge is 0.340 e. The van der Waals surface area contributed by atoms with Gasteiger partial charge >= 0.3 is 12.0 Å². The molecule has 0 bridgehead atoms. The van der Waals surface area contributed by atoms with Crippen LogP contribution in [0.2, 0.25) is 0 Å². The molecule has 0 aliphatic heterocycles. The van der Waals surface area contributed by atoms with Crippen LogP contribution >= 0.6 is 0 Å². The molecule has 114 valence electrons. The molecule has 0 fully saturated rings. The lowest BCUT2D eigenvalue weighted by atomic mass is 10.2. The van der Waals surface area contributed by atoms with Gasteiger partial charge in [0.1, 0.15) is 0 Å². The largest absolute Gasteiger partial charge is 0.462 e. The van der Waals surface area contributed by atoms with Crippen molar-refractivity contribution in [2.75, 3.05) is 17.2 Å². The predicted octanol–water partition coefficient (Wildman–Crippen LogP) is 3.82. The van der Waals surface area contributed by atoms with E-state index in [1.807, 2.05) is 31.2 Å². The third-order valence-electron chi connectivity index (χ3n) is 2.98. The number of aryl methyl sites for hydroxylation is 1. The van der Waals surface area contributed by atoms with Gasteiger partial charge in [0.25, 0.3) is 0 Å². The van der Waals surface area contributed by atoms with Crippen molar-refractivity contribution in [2.45, 2.75) is 13.8 Å². The molecule has 2 amide bonds. The fourth-order valence-electron chi connectivity index (χ4n) is 1.90. The number of benzene rings is 2. The van der Waals surface area contributed by atoms with Crippen molar-refractivity contribution in [3.63, 3.8) is 0 Å². The normalized spacial score (nSPS) is 9.91. The summed E-state index contributed by atoms with van der Waals surface area (Å²) in [7, 11) is 0. The summed E-state index contributed by atoms with van der Waals surface area (Å²) in [6.45, 7) is 3.99. The standard InChI is InChI=1S/C17H18N2O3/c1-3-22-16(20)14-6-4-5-7-15(14)19-17(21)18-13-10-8-12(2)9-11-13/h4-11H,3H2,1-2H3,(H2,18,19,21). The summed E-state index contributed by atoms with van der Waals surface area (Å²) in [4.78, 5) is 23.9. The molecule has 22 heavy (non-hydrogen) atoms. The second-order valence-corrected chi connectivity index (χ2v) is 4.71. The summed E-state index contributed by atoms with van der Waals surface area (Å²) in [6.07, 6.45) is 0. The molecule has 5 heteroatoms. The van der Waals surface area contributed by atoms with Gasteiger partial charge in [-0.1, -0.05) is 29.8 Å². The predicted molar refractivity (Wildman–Crippen MR) is 86.2 cm³/mol. The Balaban J connectivity index is 2.08. The first-order valence-corrected chi connectivity index (χ1v) is 7.01. The lowest BCUT2D eigenvalue weighted by molar-refractivity contribution is 0.0527. The van der Waals surface area contributed by atoms with Gasteiger partial charge in [0.05, 0.1) is 17.9 Å². The Kier molecular flexibility index (Phi) is 5.14. The molecule has 2 aromatic carbocycles. The Morgan fingerprint density at radius 2 is 1.68 bits per heavy atom. The Labute approximate surface area is 129 Å². The minimum Gasteiger partial charge on any atom is -0.462 e. The first kappa shape index (κ1) is 15.6. The first-order chi connectivity index (χ1) is 10.6. The van der Waals surface area contributed by atoms with E-state index in [0.29, 0.717) is 16.9 Å². The van der Waals surface area contributed by atoms with E-state index in [1.165, 1.54) is 0 Å². The summed E-state index contributed by atoms with van der Waals surface area (Å²) in [5.74, 6) is -0.464. The van der Waals surface area contributed by atoms with E-state index in [-0.39, 0.29) is 6.61 Å². The van der Waals surface area contributed by atoms with Crippen LogP contribution in [0, 0.1) is 6.92 Å². The zero-order chi connectivity index (χ0) is 15.9. The molecule has 0 radical (unpaired) electrons. The number of hydrogen-bond donors (Lipinski definition) is 2. The topological polar surface area (TPSA) is 67.4 Å². The van der Waals surface area contributed by atoms with Crippen LogP contribution in [0.5, 0.6) is 0 Å². The molecule has 0 saturated carbocycles. The molecule has 0 heterocycles. The first-order valence-electron chi connectivity index (χ1n) is 7.01. The third kappa shape index (κ3) is 4.09. The Bertz CT molecular complexity index is 666. The van der Waals surface area contributed by atoms with Gasteiger partial charge in [0.2, 0.25) is 0 Å². The van der Waals surface area contributed by atoms with Crippen molar-refractivity contribution in [3.8, 4) is 0 Å². The maximum Gasteiger partial charge on any atom is 0.340 e. The number of nitrogens with one attached hydrogen (secondary N) is 2. The van der Waals surface area contributed by atoms with Crippen LogP contribution in [-0.4, -0.2) is 18.6 Å². The second kappa shape index (κ2) is 7.26. The van der Waals surface area contributed by atoms with Crippen LogP contribution < -0.4 is 10.6 Å². The third-order valence-corrected chi connectivity index (χ3v) is 2.98. The van der Waals surface area contributed by atoms with E-state index >= 15 is 0 Å². The van der Waals surface area contributed by atoms with E-state index in [1.54, 1.807) is 31.2 Å². The van der Waals surface area contributed by atoms with E-state index < -0.39 is 12.0 Å². The van der Waals surface area contributed by atoms with E-state index in [0.717, 1.165) is 5.56 Å². The molecule has 5 nitrogen and oxygen atoms in total. The number of hydrogen-bond acceptors (Lipinski definition) is 3. The van der Waals surface area contributed by atoms with Crippen molar-refractivity contribution >= 4 is 23.4 Å². The van der Waals surface area contributed by atoms with Crippen LogP contribution in [0.25, 0.3) is 0 Å². The van der Waals surface area contributed by atoms with Gasteiger partial charge < -0.3 is 15.4 Å². The molecule has 2 aromatic rings. The number of carbonyl (C=O) groups is 2. The van der Waals surface area contributed by atoms with E-state index in [2.05, 4.69) is 10.6 Å². The molecule has 0 aliphatic carbocycles. The van der Waals surface area contributed by atoms with E-state index in [9.17, 15) is 9.59 Å². The summed E-state index contributed by atoms with van der Waals surface area (Å²) >= 11 is 0. The van der Waals surface area contributed by atoms with Crippen LogP contribution in [0.3, 0.4) is 0 Å². The highest BCUT2D eigenvalue weighted by molar-refractivity contribution is 6.05. The number of esters is 1. The fraction of sp³-hybridized carbons (Fsp3) is 0.176. The lowest BCUT2D eigenvalue weighted by Gasteiger charge is -2.11. The van der Waals surface area contributed by atoms with Crippen molar-refractivity contribution in [3.05, 3.63) is 59.7 Å². The molecule has 0 atom stereocenters. The average molecular weight is 298 g/mol. The molecule has 2 N–H and O–H groups in total. The van der Waals surface area contributed by atoms with Crippen molar-refractivity contribution in [1.82, 2.24) is 0 Å². The minimum atomic E-state index is -0.464. The van der Waals surface area contributed by atoms with Crippen LogP contribution in [0.15, 0.2) is 48.5 Å². The highest BCUT2D eigenvalue weighted by Crippen LogP contribution is 2.17. The minimum absolute atomic E-state index is 0.280. The highest BCUT2D eigenvalue weighted by Gasteiger charge is 2.13. The zero-order valence-corrected chi connectivity index (χ0v) is 12.6. The maximum absolute atomic E-state index is 12.0. The van der Waals surface area contributed by atoms with Gasteiger partial charge in [0.15, 0.2) is 0 Å². The van der Waals surface area contributed by atoms with Crippen molar-refractivity contribution < 1.29 is 14.3 Å². The quantitative estimate of drug-likeness (QED) is 0.843. The van der Waals surface area contributed by atoms with Gasteiger partial charge in [-0.3, -0.25) is 0 Å². The van der Waals surface area contributed by atoms with Crippen LogP contribution in [0.1, 0.15) is 22.8 Å². The van der Waals surface area contributed by atoms with Gasteiger partial charge in [-0.2, -0.15) is 0 Å². The van der Waals surface area contributed by atoms with Gasteiger partial charge in [0, 0.05) is 5.69 Å². The number of anilines is 2. The molecule has 0 aliphatic rings. The van der Waals surface area contributed by atoms with Gasteiger partial charge in [-0.25, -0.2) is 9.59 Å².